The van der Waals surface area contributed by atoms with Gasteiger partial charge in [-0.05, 0) is 43.0 Å². The number of rotatable bonds is 1. The van der Waals surface area contributed by atoms with Gasteiger partial charge in [-0.1, -0.05) is 11.6 Å². The number of pyridine rings is 1. The number of nitrogens with two attached hydrogens (primary N) is 1. The predicted molar refractivity (Wildman–Crippen MR) is 138 cm³/mol. The van der Waals surface area contributed by atoms with Crippen LogP contribution < -0.4 is 21.6 Å². The van der Waals surface area contributed by atoms with Crippen molar-refractivity contribution in [1.82, 2.24) is 4.68 Å². The maximum atomic E-state index is 13.8. The molecule has 0 fully saturated rings. The predicted octanol–water partition coefficient (Wildman–Crippen LogP) is 3.63. The molecule has 3 aliphatic rings. The van der Waals surface area contributed by atoms with Crippen molar-refractivity contribution in [3.8, 4) is 22.6 Å². The Hall–Kier alpha value is -3.57. The largest absolute Gasteiger partial charge is 0.506 e. The molecule has 2 aromatic carbocycles. The third kappa shape index (κ3) is 2.88. The standard InChI is InChI=1S/C27H23ClN2O8/c1-9-21(28)12-5-10-6-16-18-11(17(10)23(33)19(12)27(34)30(9)29)7-13-22(32)20-14(31)3-4-15(35-2)25(20)38-24(13)26(18)37-8-36-16/h5,7,14-16,31,33H,3-4,6,8,29H2,1-2H3. The van der Waals surface area contributed by atoms with Gasteiger partial charge in [0.15, 0.2) is 23.6 Å². The lowest BCUT2D eigenvalue weighted by atomic mass is 9.80. The second-order valence-corrected chi connectivity index (χ2v) is 10.3. The van der Waals surface area contributed by atoms with Crippen LogP contribution in [-0.4, -0.2) is 28.8 Å². The number of aliphatic hydroxyl groups is 1. The normalized spacial score (nSPS) is 21.6. The van der Waals surface area contributed by atoms with Gasteiger partial charge in [-0.3, -0.25) is 9.59 Å². The minimum Gasteiger partial charge on any atom is -0.506 e. The van der Waals surface area contributed by atoms with Crippen molar-refractivity contribution >= 4 is 33.3 Å². The number of nitrogens with zero attached hydrogens (tertiary/aromatic N) is 1. The number of phenolic OH excluding ortho intramolecular Hbond substituents is 1. The monoisotopic (exact) mass is 538 g/mol. The van der Waals surface area contributed by atoms with Gasteiger partial charge in [0.1, 0.15) is 17.6 Å². The molecule has 3 unspecified atom stereocenters. The van der Waals surface area contributed by atoms with Crippen molar-refractivity contribution in [3.05, 3.63) is 65.9 Å². The van der Waals surface area contributed by atoms with E-state index in [1.54, 1.807) is 19.1 Å². The number of aliphatic hydroxyl groups excluding tert-OH is 1. The van der Waals surface area contributed by atoms with E-state index in [2.05, 4.69) is 0 Å². The van der Waals surface area contributed by atoms with E-state index in [9.17, 15) is 19.8 Å². The SMILES string of the molecule is COC1CCC(O)c2c1oc1c3c4c(cc1c2=O)-c1c(cc2c(Cl)c(C)n(N)c(=O)c2c1O)CC4OCO3. The zero-order valence-corrected chi connectivity index (χ0v) is 21.2. The molecule has 4 N–H and O–H groups in total. The highest BCUT2D eigenvalue weighted by atomic mass is 35.5. The molecule has 4 aromatic rings. The molecule has 0 spiro atoms. The zero-order chi connectivity index (χ0) is 26.6. The van der Waals surface area contributed by atoms with Gasteiger partial charge in [0.2, 0.25) is 0 Å². The molecule has 0 saturated heterocycles. The van der Waals surface area contributed by atoms with E-state index in [0.717, 1.165) is 4.68 Å². The number of halogens is 1. The smallest absolute Gasteiger partial charge is 0.280 e. The highest BCUT2D eigenvalue weighted by Gasteiger charge is 2.39. The molecule has 0 amide bonds. The number of methoxy groups -OCH3 is 1. The van der Waals surface area contributed by atoms with Crippen LogP contribution in [0, 0.1) is 6.92 Å². The lowest BCUT2D eigenvalue weighted by Crippen LogP contribution is -2.30. The Morgan fingerprint density at radius 1 is 1.18 bits per heavy atom. The van der Waals surface area contributed by atoms with E-state index in [1.807, 2.05) is 0 Å². The van der Waals surface area contributed by atoms with Gasteiger partial charge >= 0.3 is 0 Å². The minimum atomic E-state index is -1.00. The summed E-state index contributed by atoms with van der Waals surface area (Å²) in [4.78, 5) is 26.9. The molecular formula is C27H23ClN2O8. The number of aromatic nitrogens is 1. The van der Waals surface area contributed by atoms with Crippen molar-refractivity contribution in [3.63, 3.8) is 0 Å². The second-order valence-electron chi connectivity index (χ2n) is 9.95. The van der Waals surface area contributed by atoms with Crippen LogP contribution in [0.1, 0.15) is 59.3 Å². The molecule has 11 heteroatoms. The van der Waals surface area contributed by atoms with Gasteiger partial charge in [-0.25, -0.2) is 4.68 Å². The fourth-order valence-corrected chi connectivity index (χ4v) is 6.39. The van der Waals surface area contributed by atoms with E-state index in [0.29, 0.717) is 58.3 Å². The molecule has 196 valence electrons. The van der Waals surface area contributed by atoms with E-state index in [4.69, 9.17) is 36.1 Å². The molecule has 10 nitrogen and oxygen atoms in total. The summed E-state index contributed by atoms with van der Waals surface area (Å²) in [5, 5.41) is 23.0. The average Bonchev–Trinajstić information content (AvgIpc) is 2.91. The first-order valence-corrected chi connectivity index (χ1v) is 12.6. The molecule has 0 bridgehead atoms. The van der Waals surface area contributed by atoms with E-state index in [-0.39, 0.29) is 45.2 Å². The average molecular weight is 539 g/mol. The summed E-state index contributed by atoms with van der Waals surface area (Å²) >= 11 is 6.54. The zero-order valence-electron chi connectivity index (χ0n) is 20.5. The van der Waals surface area contributed by atoms with E-state index < -0.39 is 29.3 Å². The Kier molecular flexibility index (Phi) is 4.94. The Morgan fingerprint density at radius 3 is 2.74 bits per heavy atom. The van der Waals surface area contributed by atoms with Gasteiger partial charge in [0.05, 0.1) is 39.3 Å². The maximum absolute atomic E-state index is 13.8. The summed E-state index contributed by atoms with van der Waals surface area (Å²) in [7, 11) is 1.53. The van der Waals surface area contributed by atoms with Crippen LogP contribution in [0.15, 0.2) is 26.1 Å². The molecule has 7 rings (SSSR count). The van der Waals surface area contributed by atoms with Gasteiger partial charge in [-0.2, -0.15) is 0 Å². The molecule has 2 aliphatic carbocycles. The molecular weight excluding hydrogens is 516 g/mol. The van der Waals surface area contributed by atoms with Crippen LogP contribution in [0.4, 0.5) is 0 Å². The van der Waals surface area contributed by atoms with Crippen molar-refractivity contribution in [2.75, 3.05) is 19.7 Å². The number of nitrogen functional groups attached to an aromatic ring is 1. The fourth-order valence-electron chi connectivity index (χ4n) is 6.15. The van der Waals surface area contributed by atoms with Crippen LogP contribution in [0.2, 0.25) is 5.02 Å². The highest BCUT2D eigenvalue weighted by Crippen LogP contribution is 2.54. The third-order valence-electron chi connectivity index (χ3n) is 8.05. The number of benzene rings is 2. The van der Waals surface area contributed by atoms with E-state index in [1.165, 1.54) is 7.11 Å². The lowest BCUT2D eigenvalue weighted by Gasteiger charge is -2.34. The Labute approximate surface area is 219 Å². The summed E-state index contributed by atoms with van der Waals surface area (Å²) in [6.45, 7) is 1.55. The topological polar surface area (TPSA) is 146 Å². The summed E-state index contributed by atoms with van der Waals surface area (Å²) in [5.74, 6) is 6.25. The minimum absolute atomic E-state index is 0.0253. The molecule has 38 heavy (non-hydrogen) atoms. The Bertz CT molecular complexity index is 1840. The van der Waals surface area contributed by atoms with Crippen LogP contribution >= 0.6 is 11.6 Å². The molecule has 0 saturated carbocycles. The van der Waals surface area contributed by atoms with Crippen molar-refractivity contribution in [2.45, 2.75) is 44.5 Å². The third-order valence-corrected chi connectivity index (χ3v) is 8.53. The van der Waals surface area contributed by atoms with Gasteiger partial charge in [-0.15, -0.1) is 0 Å². The number of ether oxygens (including phenoxy) is 3. The molecule has 1 aliphatic heterocycles. The van der Waals surface area contributed by atoms with Crippen molar-refractivity contribution < 1.29 is 28.8 Å². The first-order valence-electron chi connectivity index (χ1n) is 12.2. The summed E-state index contributed by atoms with van der Waals surface area (Å²) in [6, 6.07) is 3.36. The fraction of sp³-hybridized carbons (Fsp3) is 0.333. The number of aromatic hydroxyl groups is 1. The van der Waals surface area contributed by atoms with Crippen molar-refractivity contribution in [1.29, 1.82) is 0 Å². The van der Waals surface area contributed by atoms with Gasteiger partial charge in [0, 0.05) is 30.0 Å². The molecule has 0 radical (unpaired) electrons. The molecule has 2 aromatic heterocycles. The van der Waals surface area contributed by atoms with Crippen LogP contribution in [0.3, 0.4) is 0 Å². The first-order chi connectivity index (χ1) is 18.2. The van der Waals surface area contributed by atoms with Crippen LogP contribution in [-0.2, 0) is 15.9 Å². The number of fused-ring (bicyclic) bond motifs is 6. The number of hydrogen-bond acceptors (Lipinski definition) is 9. The first kappa shape index (κ1) is 23.5. The van der Waals surface area contributed by atoms with Crippen molar-refractivity contribution in [2.24, 2.45) is 0 Å². The van der Waals surface area contributed by atoms with Gasteiger partial charge in [0.25, 0.3) is 5.56 Å². The number of hydrogen-bond donors (Lipinski definition) is 3. The summed E-state index contributed by atoms with van der Waals surface area (Å²) in [6.07, 6.45) is -0.716. The quantitative estimate of drug-likeness (QED) is 0.309. The Morgan fingerprint density at radius 2 is 1.97 bits per heavy atom. The highest BCUT2D eigenvalue weighted by molar-refractivity contribution is 6.36. The van der Waals surface area contributed by atoms with Crippen LogP contribution in [0.25, 0.3) is 32.9 Å². The summed E-state index contributed by atoms with van der Waals surface area (Å²) in [5.41, 5.74) is 1.87. The summed E-state index contributed by atoms with van der Waals surface area (Å²) < 4.78 is 24.5. The number of phenols is 1. The second kappa shape index (κ2) is 7.97. The maximum Gasteiger partial charge on any atom is 0.280 e. The van der Waals surface area contributed by atoms with Gasteiger partial charge < -0.3 is 34.7 Å². The van der Waals surface area contributed by atoms with E-state index >= 15 is 0 Å². The molecule has 3 atom stereocenters. The Balaban J connectivity index is 1.62. The molecule has 3 heterocycles. The lowest BCUT2D eigenvalue weighted by molar-refractivity contribution is -0.0591. The van der Waals surface area contributed by atoms with Crippen LogP contribution in [0.5, 0.6) is 11.5 Å².